The average Bonchev–Trinajstić information content (AvgIpc) is 2.95. The van der Waals surface area contributed by atoms with Crippen LogP contribution in [0.3, 0.4) is 0 Å². The molecule has 1 aromatic carbocycles. The van der Waals surface area contributed by atoms with Crippen molar-refractivity contribution in [2.75, 3.05) is 6.61 Å². The third-order valence-electron chi connectivity index (χ3n) is 4.70. The molecular formula is C21H31NO4. The summed E-state index contributed by atoms with van der Waals surface area (Å²) in [7, 11) is 0. The third kappa shape index (κ3) is 5.48. The molecule has 1 aliphatic rings. The van der Waals surface area contributed by atoms with Gasteiger partial charge in [0.15, 0.2) is 6.04 Å². The van der Waals surface area contributed by atoms with Crippen molar-refractivity contribution in [2.45, 2.75) is 71.6 Å². The van der Waals surface area contributed by atoms with Crippen LogP contribution < -0.4 is 0 Å². The number of cyclic esters (lactones) is 1. The number of carbonyl (C=O) groups is 2. The van der Waals surface area contributed by atoms with Crippen LogP contribution in [-0.4, -0.2) is 35.7 Å². The van der Waals surface area contributed by atoms with Gasteiger partial charge in [0, 0.05) is 0 Å². The zero-order chi connectivity index (χ0) is 18.9. The van der Waals surface area contributed by atoms with Gasteiger partial charge in [-0.1, -0.05) is 76.8 Å². The van der Waals surface area contributed by atoms with Gasteiger partial charge in [-0.25, -0.2) is 9.59 Å². The van der Waals surface area contributed by atoms with Crippen LogP contribution in [0.5, 0.6) is 0 Å². The van der Waals surface area contributed by atoms with Crippen molar-refractivity contribution in [1.82, 2.24) is 4.90 Å². The van der Waals surface area contributed by atoms with Gasteiger partial charge in [0.25, 0.3) is 0 Å². The Morgan fingerprint density at radius 1 is 1.15 bits per heavy atom. The van der Waals surface area contributed by atoms with Gasteiger partial charge in [-0.05, 0) is 17.9 Å². The Labute approximate surface area is 156 Å². The number of amides is 1. The molecule has 0 unspecified atom stereocenters. The minimum atomic E-state index is -0.682. The molecule has 0 bridgehead atoms. The normalized spacial score (nSPS) is 19.7. The van der Waals surface area contributed by atoms with Gasteiger partial charge in [0.05, 0.1) is 13.2 Å². The molecule has 26 heavy (non-hydrogen) atoms. The maximum absolute atomic E-state index is 12.7. The molecule has 1 saturated heterocycles. The highest BCUT2D eigenvalue weighted by atomic mass is 16.6. The number of unbranched alkanes of at least 4 members (excludes halogenated alkanes) is 4. The quantitative estimate of drug-likeness (QED) is 0.453. The predicted octanol–water partition coefficient (Wildman–Crippen LogP) is 4.55. The average molecular weight is 361 g/mol. The van der Waals surface area contributed by atoms with E-state index in [4.69, 9.17) is 9.47 Å². The summed E-state index contributed by atoms with van der Waals surface area (Å²) in [6, 6.07) is 8.95. The first-order valence-electron chi connectivity index (χ1n) is 9.72. The van der Waals surface area contributed by atoms with E-state index in [1.54, 1.807) is 0 Å². The number of esters is 1. The Kier molecular flexibility index (Phi) is 7.95. The Balaban J connectivity index is 1.99. The lowest BCUT2D eigenvalue weighted by Gasteiger charge is -2.24. The summed E-state index contributed by atoms with van der Waals surface area (Å²) in [6.45, 7) is 6.82. The van der Waals surface area contributed by atoms with Crippen LogP contribution in [0.1, 0.15) is 58.4 Å². The van der Waals surface area contributed by atoms with Crippen molar-refractivity contribution in [3.05, 3.63) is 35.9 Å². The van der Waals surface area contributed by atoms with Crippen molar-refractivity contribution >= 4 is 12.1 Å². The van der Waals surface area contributed by atoms with Crippen molar-refractivity contribution in [1.29, 1.82) is 0 Å². The SMILES string of the molecule is CCCCCCCOC(=O)[C@H]1[C@H](C(C)C)OC(=O)N1Cc1ccccc1. The summed E-state index contributed by atoms with van der Waals surface area (Å²) in [5.74, 6) is -0.317. The second-order valence-electron chi connectivity index (χ2n) is 7.23. The van der Waals surface area contributed by atoms with E-state index in [9.17, 15) is 9.59 Å². The minimum Gasteiger partial charge on any atom is -0.464 e. The van der Waals surface area contributed by atoms with E-state index < -0.39 is 18.2 Å². The fourth-order valence-electron chi connectivity index (χ4n) is 3.21. The topological polar surface area (TPSA) is 55.8 Å². The fraction of sp³-hybridized carbons (Fsp3) is 0.619. The Morgan fingerprint density at radius 2 is 1.85 bits per heavy atom. The van der Waals surface area contributed by atoms with Gasteiger partial charge >= 0.3 is 12.1 Å². The maximum atomic E-state index is 12.7. The van der Waals surface area contributed by atoms with Crippen LogP contribution in [0.2, 0.25) is 0 Å². The van der Waals surface area contributed by atoms with Gasteiger partial charge in [0.2, 0.25) is 0 Å². The summed E-state index contributed by atoms with van der Waals surface area (Å²) in [5, 5.41) is 0. The van der Waals surface area contributed by atoms with Gasteiger partial charge in [-0.2, -0.15) is 0 Å². The Hall–Kier alpha value is -2.04. The lowest BCUT2D eigenvalue weighted by Crippen LogP contribution is -2.45. The van der Waals surface area contributed by atoms with Crippen molar-refractivity contribution in [3.8, 4) is 0 Å². The number of benzene rings is 1. The number of hydrogen-bond acceptors (Lipinski definition) is 4. The zero-order valence-corrected chi connectivity index (χ0v) is 16.1. The van der Waals surface area contributed by atoms with Crippen LogP contribution in [0.15, 0.2) is 30.3 Å². The van der Waals surface area contributed by atoms with E-state index in [1.165, 1.54) is 17.7 Å². The second-order valence-corrected chi connectivity index (χ2v) is 7.23. The van der Waals surface area contributed by atoms with E-state index in [0.717, 1.165) is 24.8 Å². The molecule has 1 amide bonds. The number of carbonyl (C=O) groups excluding carboxylic acids is 2. The summed E-state index contributed by atoms with van der Waals surface area (Å²) < 4.78 is 11.0. The highest BCUT2D eigenvalue weighted by molar-refractivity contribution is 5.85. The molecule has 1 aromatic rings. The predicted molar refractivity (Wildman–Crippen MR) is 101 cm³/mol. The van der Waals surface area contributed by atoms with E-state index in [2.05, 4.69) is 6.92 Å². The molecule has 5 heteroatoms. The molecule has 1 heterocycles. The van der Waals surface area contributed by atoms with Gasteiger partial charge in [0.1, 0.15) is 6.10 Å². The van der Waals surface area contributed by atoms with Crippen LogP contribution in [0.25, 0.3) is 0 Å². The van der Waals surface area contributed by atoms with Gasteiger partial charge in [-0.3, -0.25) is 4.90 Å². The molecule has 1 aliphatic heterocycles. The number of nitrogens with zero attached hydrogens (tertiary/aromatic N) is 1. The minimum absolute atomic E-state index is 0.0434. The largest absolute Gasteiger partial charge is 0.464 e. The third-order valence-corrected chi connectivity index (χ3v) is 4.70. The highest BCUT2D eigenvalue weighted by Crippen LogP contribution is 2.28. The van der Waals surface area contributed by atoms with Gasteiger partial charge in [-0.15, -0.1) is 0 Å². The van der Waals surface area contributed by atoms with Crippen LogP contribution in [-0.2, 0) is 20.8 Å². The molecular weight excluding hydrogens is 330 g/mol. The summed E-state index contributed by atoms with van der Waals surface area (Å²) in [6.07, 6.45) is 4.55. The molecule has 5 nitrogen and oxygen atoms in total. The molecule has 0 saturated carbocycles. The zero-order valence-electron chi connectivity index (χ0n) is 16.1. The first-order chi connectivity index (χ1) is 12.5. The molecule has 0 N–H and O–H groups in total. The van der Waals surface area contributed by atoms with Crippen LogP contribution in [0.4, 0.5) is 4.79 Å². The monoisotopic (exact) mass is 361 g/mol. The molecule has 0 aliphatic carbocycles. The first-order valence-corrected chi connectivity index (χ1v) is 9.72. The molecule has 144 valence electrons. The standard InChI is InChI=1S/C21H31NO4/c1-4-5-6-7-11-14-25-20(23)18-19(16(2)3)26-21(24)22(18)15-17-12-9-8-10-13-17/h8-10,12-13,16,18-19H,4-7,11,14-15H2,1-3H3/t18-,19+/m1/s1. The van der Waals surface area contributed by atoms with E-state index in [0.29, 0.717) is 13.2 Å². The number of rotatable bonds is 10. The highest BCUT2D eigenvalue weighted by Gasteiger charge is 2.48. The van der Waals surface area contributed by atoms with E-state index in [-0.39, 0.29) is 11.9 Å². The van der Waals surface area contributed by atoms with Crippen LogP contribution >= 0.6 is 0 Å². The van der Waals surface area contributed by atoms with Gasteiger partial charge < -0.3 is 9.47 Å². The van der Waals surface area contributed by atoms with Crippen molar-refractivity contribution < 1.29 is 19.1 Å². The number of hydrogen-bond donors (Lipinski definition) is 0. The maximum Gasteiger partial charge on any atom is 0.411 e. The lowest BCUT2D eigenvalue weighted by molar-refractivity contribution is -0.150. The van der Waals surface area contributed by atoms with Crippen LogP contribution in [0, 0.1) is 5.92 Å². The molecule has 0 spiro atoms. The summed E-state index contributed by atoms with van der Waals surface area (Å²) in [4.78, 5) is 26.6. The number of ether oxygens (including phenoxy) is 2. The van der Waals surface area contributed by atoms with Crippen molar-refractivity contribution in [2.24, 2.45) is 5.92 Å². The summed E-state index contributed by atoms with van der Waals surface area (Å²) >= 11 is 0. The first kappa shape index (κ1) is 20.3. The molecule has 2 rings (SSSR count). The van der Waals surface area contributed by atoms with E-state index >= 15 is 0 Å². The Morgan fingerprint density at radius 3 is 2.50 bits per heavy atom. The Bertz CT molecular complexity index is 573. The van der Waals surface area contributed by atoms with Crippen molar-refractivity contribution in [3.63, 3.8) is 0 Å². The fourth-order valence-corrected chi connectivity index (χ4v) is 3.21. The molecule has 0 radical (unpaired) electrons. The molecule has 2 atom stereocenters. The molecule has 1 fully saturated rings. The van der Waals surface area contributed by atoms with E-state index in [1.807, 2.05) is 44.2 Å². The second kappa shape index (κ2) is 10.2. The molecule has 0 aromatic heterocycles. The lowest BCUT2D eigenvalue weighted by atomic mass is 9.99. The smallest absolute Gasteiger partial charge is 0.411 e. The summed E-state index contributed by atoms with van der Waals surface area (Å²) in [5.41, 5.74) is 0.964.